The average Bonchev–Trinajstić information content (AvgIpc) is 2.53. The van der Waals surface area contributed by atoms with Gasteiger partial charge in [0.05, 0.1) is 21.3 Å². The molecule has 0 N–H and O–H groups in total. The molecule has 0 spiro atoms. The Kier molecular flexibility index (Phi) is 4.88. The van der Waals surface area contributed by atoms with Gasteiger partial charge in [0.1, 0.15) is 5.75 Å². The van der Waals surface area contributed by atoms with Crippen LogP contribution in [0.25, 0.3) is 0 Å². The monoisotopic (exact) mass is 271 g/mol. The van der Waals surface area contributed by atoms with Crippen LogP contribution >= 0.6 is 0 Å². The second-order valence-electron chi connectivity index (χ2n) is 4.37. The Labute approximate surface area is 120 Å². The molecular weight excluding hydrogens is 252 g/mol. The third kappa shape index (κ3) is 3.44. The van der Waals surface area contributed by atoms with Crippen molar-refractivity contribution in [3.8, 4) is 17.2 Å². The van der Waals surface area contributed by atoms with E-state index in [1.807, 2.05) is 42.5 Å². The second kappa shape index (κ2) is 6.85. The predicted octanol–water partition coefficient (Wildman–Crippen LogP) is 3.51. The maximum absolute atomic E-state index is 5.30. The molecule has 1 radical (unpaired) electrons. The van der Waals surface area contributed by atoms with E-state index in [9.17, 15) is 0 Å². The summed E-state index contributed by atoms with van der Waals surface area (Å²) < 4.78 is 15.7. The molecule has 0 aliphatic rings. The van der Waals surface area contributed by atoms with Gasteiger partial charge in [-0.15, -0.1) is 0 Å². The summed E-state index contributed by atoms with van der Waals surface area (Å²) in [4.78, 5) is 0. The van der Waals surface area contributed by atoms with Crippen LogP contribution in [0.3, 0.4) is 0 Å². The molecule has 0 saturated carbocycles. The molecule has 0 aliphatic heterocycles. The van der Waals surface area contributed by atoms with E-state index in [0.717, 1.165) is 23.7 Å². The molecule has 0 unspecified atom stereocenters. The largest absolute Gasteiger partial charge is 0.497 e. The van der Waals surface area contributed by atoms with Gasteiger partial charge in [0, 0.05) is 0 Å². The standard InChI is InChI=1S/C17H19O3/c1-18-15-9-6-13(7-10-15)4-5-14-8-11-16(19-2)17(12-14)20-3/h4,6-12H,5H2,1-3H3. The highest BCUT2D eigenvalue weighted by Crippen LogP contribution is 2.28. The number of hydrogen-bond donors (Lipinski definition) is 0. The Morgan fingerprint density at radius 1 is 0.800 bits per heavy atom. The molecule has 0 fully saturated rings. The summed E-state index contributed by atoms with van der Waals surface area (Å²) in [6.45, 7) is 0. The van der Waals surface area contributed by atoms with E-state index in [1.54, 1.807) is 21.3 Å². The van der Waals surface area contributed by atoms with Crippen LogP contribution in [0.4, 0.5) is 0 Å². The highest BCUT2D eigenvalue weighted by molar-refractivity contribution is 5.44. The van der Waals surface area contributed by atoms with Crippen molar-refractivity contribution in [2.24, 2.45) is 0 Å². The Bertz CT molecular complexity index is 547. The van der Waals surface area contributed by atoms with Crippen molar-refractivity contribution in [3.05, 3.63) is 60.0 Å². The van der Waals surface area contributed by atoms with Gasteiger partial charge < -0.3 is 14.2 Å². The van der Waals surface area contributed by atoms with Crippen molar-refractivity contribution in [1.82, 2.24) is 0 Å². The van der Waals surface area contributed by atoms with E-state index < -0.39 is 0 Å². The van der Waals surface area contributed by atoms with Crippen molar-refractivity contribution >= 4 is 0 Å². The molecule has 3 heteroatoms. The smallest absolute Gasteiger partial charge is 0.160 e. The minimum Gasteiger partial charge on any atom is -0.497 e. The molecule has 0 aromatic heterocycles. The summed E-state index contributed by atoms with van der Waals surface area (Å²) >= 11 is 0. The second-order valence-corrected chi connectivity index (χ2v) is 4.37. The third-order valence-electron chi connectivity index (χ3n) is 3.14. The van der Waals surface area contributed by atoms with Crippen molar-refractivity contribution in [1.29, 1.82) is 0 Å². The zero-order valence-corrected chi connectivity index (χ0v) is 12.1. The molecule has 2 aromatic carbocycles. The fourth-order valence-corrected chi connectivity index (χ4v) is 1.98. The van der Waals surface area contributed by atoms with Crippen LogP contribution in [0.1, 0.15) is 11.1 Å². The van der Waals surface area contributed by atoms with Crippen LogP contribution in [0, 0.1) is 6.42 Å². The van der Waals surface area contributed by atoms with Crippen LogP contribution < -0.4 is 14.2 Å². The number of benzene rings is 2. The lowest BCUT2D eigenvalue weighted by atomic mass is 10.0. The fourth-order valence-electron chi connectivity index (χ4n) is 1.98. The number of rotatable bonds is 6. The van der Waals surface area contributed by atoms with Crippen LogP contribution in [-0.4, -0.2) is 21.3 Å². The first kappa shape index (κ1) is 14.3. The average molecular weight is 271 g/mol. The van der Waals surface area contributed by atoms with Crippen molar-refractivity contribution in [2.75, 3.05) is 21.3 Å². The summed E-state index contributed by atoms with van der Waals surface area (Å²) in [6, 6.07) is 14.0. The Hall–Kier alpha value is -2.16. The maximum atomic E-state index is 5.30. The van der Waals surface area contributed by atoms with Gasteiger partial charge in [0.2, 0.25) is 0 Å². The maximum Gasteiger partial charge on any atom is 0.160 e. The highest BCUT2D eigenvalue weighted by atomic mass is 16.5. The van der Waals surface area contributed by atoms with Gasteiger partial charge in [-0.3, -0.25) is 0 Å². The molecule has 0 atom stereocenters. The summed E-state index contributed by atoms with van der Waals surface area (Å²) in [5.74, 6) is 2.38. The minimum atomic E-state index is 0.751. The Morgan fingerprint density at radius 3 is 2.10 bits per heavy atom. The lowest BCUT2D eigenvalue weighted by molar-refractivity contribution is 0.354. The zero-order chi connectivity index (χ0) is 14.4. The summed E-state index contributed by atoms with van der Waals surface area (Å²) in [5.41, 5.74) is 2.35. The molecule has 0 bridgehead atoms. The van der Waals surface area contributed by atoms with Gasteiger partial charge in [-0.2, -0.15) is 0 Å². The van der Waals surface area contributed by atoms with Gasteiger partial charge in [0.25, 0.3) is 0 Å². The molecule has 0 heterocycles. The van der Waals surface area contributed by atoms with Crippen molar-refractivity contribution in [3.63, 3.8) is 0 Å². The Morgan fingerprint density at radius 2 is 1.50 bits per heavy atom. The van der Waals surface area contributed by atoms with Crippen LogP contribution in [0.2, 0.25) is 0 Å². The molecule has 0 saturated heterocycles. The summed E-state index contributed by atoms with van der Waals surface area (Å²) in [7, 11) is 4.96. The molecule has 2 rings (SSSR count). The van der Waals surface area contributed by atoms with E-state index in [0.29, 0.717) is 0 Å². The summed E-state index contributed by atoms with van der Waals surface area (Å²) in [5, 5.41) is 0. The number of hydrogen-bond acceptors (Lipinski definition) is 3. The quantitative estimate of drug-likeness (QED) is 0.804. The number of methoxy groups -OCH3 is 3. The topological polar surface area (TPSA) is 27.7 Å². The SMILES string of the molecule is COc1ccc([CH]Cc2ccc(OC)c(OC)c2)cc1. The molecule has 20 heavy (non-hydrogen) atoms. The Balaban J connectivity index is 2.02. The lowest BCUT2D eigenvalue weighted by Crippen LogP contribution is -1.94. The zero-order valence-electron chi connectivity index (χ0n) is 12.1. The minimum absolute atomic E-state index is 0.751. The van der Waals surface area contributed by atoms with Gasteiger partial charge in [-0.05, 0) is 48.2 Å². The molecule has 0 aliphatic carbocycles. The first-order valence-corrected chi connectivity index (χ1v) is 6.45. The van der Waals surface area contributed by atoms with Crippen molar-refractivity contribution in [2.45, 2.75) is 6.42 Å². The van der Waals surface area contributed by atoms with Gasteiger partial charge in [-0.1, -0.05) is 18.2 Å². The van der Waals surface area contributed by atoms with Crippen LogP contribution in [-0.2, 0) is 6.42 Å². The molecule has 3 nitrogen and oxygen atoms in total. The predicted molar refractivity (Wildman–Crippen MR) is 79.6 cm³/mol. The van der Waals surface area contributed by atoms with E-state index >= 15 is 0 Å². The van der Waals surface area contributed by atoms with Gasteiger partial charge in [-0.25, -0.2) is 0 Å². The first-order chi connectivity index (χ1) is 9.76. The molecule has 0 amide bonds. The summed E-state index contributed by atoms with van der Waals surface area (Å²) in [6.07, 6.45) is 3.01. The number of ether oxygens (including phenoxy) is 3. The van der Waals surface area contributed by atoms with E-state index in [1.165, 1.54) is 11.1 Å². The van der Waals surface area contributed by atoms with Crippen LogP contribution in [0.5, 0.6) is 17.2 Å². The van der Waals surface area contributed by atoms with Crippen LogP contribution in [0.15, 0.2) is 42.5 Å². The molecular formula is C17H19O3. The molecule has 2 aromatic rings. The van der Waals surface area contributed by atoms with E-state index in [2.05, 4.69) is 6.42 Å². The van der Waals surface area contributed by atoms with Gasteiger partial charge >= 0.3 is 0 Å². The fraction of sp³-hybridized carbons (Fsp3) is 0.235. The van der Waals surface area contributed by atoms with Crippen molar-refractivity contribution < 1.29 is 14.2 Å². The normalized spacial score (nSPS) is 10.2. The van der Waals surface area contributed by atoms with E-state index in [4.69, 9.17) is 14.2 Å². The van der Waals surface area contributed by atoms with E-state index in [-0.39, 0.29) is 0 Å². The first-order valence-electron chi connectivity index (χ1n) is 6.45. The lowest BCUT2D eigenvalue weighted by Gasteiger charge is -2.09. The molecule has 105 valence electrons. The van der Waals surface area contributed by atoms with Gasteiger partial charge in [0.15, 0.2) is 11.5 Å². The third-order valence-corrected chi connectivity index (χ3v) is 3.14. The highest BCUT2D eigenvalue weighted by Gasteiger charge is 2.05.